The standard InChI is InChI=1S/C9H13N3O2S.2C2H6/c1-5-3-8(11)7(6(2)10)4-9(5)15(12,13)14;2*1-2/h3-4,10H,11H2,1-2H3,(H2,12,13,14);2*1-2H3. The fraction of sp³-hybridized carbons (Fsp3) is 0.462. The predicted molar refractivity (Wildman–Crippen MR) is 82.2 cm³/mol. The van der Waals surface area contributed by atoms with E-state index in [1.807, 2.05) is 27.7 Å². The maximum Gasteiger partial charge on any atom is 0.238 e. The Bertz CT molecular complexity index is 523. The third kappa shape index (κ3) is 5.85. The summed E-state index contributed by atoms with van der Waals surface area (Å²) in [7, 11) is -3.76. The van der Waals surface area contributed by atoms with Gasteiger partial charge in [-0.2, -0.15) is 0 Å². The first-order valence-corrected chi connectivity index (χ1v) is 7.76. The lowest BCUT2D eigenvalue weighted by Crippen LogP contribution is -2.15. The summed E-state index contributed by atoms with van der Waals surface area (Å²) in [6.07, 6.45) is 0. The highest BCUT2D eigenvalue weighted by Gasteiger charge is 2.14. The van der Waals surface area contributed by atoms with Crippen LogP contribution in [0.1, 0.15) is 45.7 Å². The van der Waals surface area contributed by atoms with Gasteiger partial charge in [0, 0.05) is 17.0 Å². The highest BCUT2D eigenvalue weighted by molar-refractivity contribution is 7.89. The second-order valence-corrected chi connectivity index (χ2v) is 4.90. The van der Waals surface area contributed by atoms with Crippen molar-refractivity contribution in [3.05, 3.63) is 23.3 Å². The van der Waals surface area contributed by atoms with Crippen molar-refractivity contribution in [2.75, 3.05) is 5.73 Å². The molecule has 19 heavy (non-hydrogen) atoms. The van der Waals surface area contributed by atoms with E-state index in [0.717, 1.165) is 0 Å². The average molecular weight is 287 g/mol. The van der Waals surface area contributed by atoms with Crippen molar-refractivity contribution in [1.82, 2.24) is 0 Å². The van der Waals surface area contributed by atoms with Gasteiger partial charge in [0.2, 0.25) is 10.0 Å². The van der Waals surface area contributed by atoms with Gasteiger partial charge in [-0.15, -0.1) is 0 Å². The van der Waals surface area contributed by atoms with E-state index in [0.29, 0.717) is 16.8 Å². The van der Waals surface area contributed by atoms with Crippen LogP contribution in [0, 0.1) is 12.3 Å². The summed E-state index contributed by atoms with van der Waals surface area (Å²) in [5, 5.41) is 12.5. The Morgan fingerprint density at radius 2 is 1.58 bits per heavy atom. The van der Waals surface area contributed by atoms with Crippen LogP contribution in [0.3, 0.4) is 0 Å². The second kappa shape index (κ2) is 8.66. The van der Waals surface area contributed by atoms with Crippen LogP contribution in [0.15, 0.2) is 17.0 Å². The SMILES string of the molecule is CC.CC.CC(=N)c1cc(S(N)(=O)=O)c(C)cc1N. The minimum Gasteiger partial charge on any atom is -0.398 e. The number of nitrogens with two attached hydrogens (primary N) is 2. The van der Waals surface area contributed by atoms with E-state index in [9.17, 15) is 8.42 Å². The normalized spacial score (nSPS) is 9.63. The molecular formula is C13H25N3O2S. The number of sulfonamides is 1. The van der Waals surface area contributed by atoms with Crippen molar-refractivity contribution < 1.29 is 8.42 Å². The molecular weight excluding hydrogens is 262 g/mol. The zero-order chi connectivity index (χ0) is 15.8. The number of nitrogen functional groups attached to an aromatic ring is 1. The molecule has 5 N–H and O–H groups in total. The van der Waals surface area contributed by atoms with E-state index in [-0.39, 0.29) is 10.6 Å². The number of hydrogen-bond acceptors (Lipinski definition) is 4. The third-order valence-corrected chi connectivity index (χ3v) is 3.11. The van der Waals surface area contributed by atoms with Gasteiger partial charge in [0.1, 0.15) is 0 Å². The van der Waals surface area contributed by atoms with E-state index in [2.05, 4.69) is 0 Å². The molecule has 0 saturated heterocycles. The molecule has 0 unspecified atom stereocenters. The molecule has 0 heterocycles. The van der Waals surface area contributed by atoms with Crippen LogP contribution in [0.2, 0.25) is 0 Å². The van der Waals surface area contributed by atoms with Crippen molar-refractivity contribution in [1.29, 1.82) is 5.41 Å². The van der Waals surface area contributed by atoms with Gasteiger partial charge in [0.05, 0.1) is 4.90 Å². The summed E-state index contributed by atoms with van der Waals surface area (Å²) in [5.74, 6) is 0. The zero-order valence-corrected chi connectivity index (χ0v) is 13.4. The zero-order valence-electron chi connectivity index (χ0n) is 12.5. The lowest BCUT2D eigenvalue weighted by atomic mass is 10.1. The van der Waals surface area contributed by atoms with E-state index in [1.165, 1.54) is 19.1 Å². The third-order valence-electron chi connectivity index (χ3n) is 2.06. The first kappa shape index (κ1) is 19.9. The first-order chi connectivity index (χ1) is 8.73. The molecule has 0 bridgehead atoms. The summed E-state index contributed by atoms with van der Waals surface area (Å²) in [4.78, 5) is 0.0123. The lowest BCUT2D eigenvalue weighted by molar-refractivity contribution is 0.597. The van der Waals surface area contributed by atoms with E-state index >= 15 is 0 Å². The van der Waals surface area contributed by atoms with Gasteiger partial charge in [0.25, 0.3) is 0 Å². The Balaban J connectivity index is 0. The summed E-state index contributed by atoms with van der Waals surface area (Å²) < 4.78 is 22.4. The van der Waals surface area contributed by atoms with Crippen LogP contribution < -0.4 is 10.9 Å². The maximum absolute atomic E-state index is 11.2. The maximum atomic E-state index is 11.2. The summed E-state index contributed by atoms with van der Waals surface area (Å²) >= 11 is 0. The van der Waals surface area contributed by atoms with E-state index in [1.54, 1.807) is 6.92 Å². The molecule has 0 fully saturated rings. The van der Waals surface area contributed by atoms with Crippen molar-refractivity contribution in [3.63, 3.8) is 0 Å². The van der Waals surface area contributed by atoms with Crippen molar-refractivity contribution in [3.8, 4) is 0 Å². The summed E-state index contributed by atoms with van der Waals surface area (Å²) in [6, 6.07) is 2.84. The Kier molecular flexibility index (Phi) is 9.08. The van der Waals surface area contributed by atoms with Gasteiger partial charge in [-0.3, -0.25) is 0 Å². The molecule has 0 amide bonds. The van der Waals surface area contributed by atoms with E-state index in [4.69, 9.17) is 16.3 Å². The predicted octanol–water partition coefficient (Wildman–Crippen LogP) is 2.66. The summed E-state index contributed by atoms with van der Waals surface area (Å²) in [5.41, 5.74) is 7.13. The van der Waals surface area contributed by atoms with Gasteiger partial charge in [-0.1, -0.05) is 27.7 Å². The molecule has 110 valence electrons. The molecule has 0 aliphatic carbocycles. The largest absolute Gasteiger partial charge is 0.398 e. The van der Waals surface area contributed by atoms with Gasteiger partial charge in [-0.25, -0.2) is 13.6 Å². The monoisotopic (exact) mass is 287 g/mol. The molecule has 0 aromatic heterocycles. The molecule has 0 saturated carbocycles. The summed E-state index contributed by atoms with van der Waals surface area (Å²) in [6.45, 7) is 11.1. The Labute approximate surface area is 116 Å². The molecule has 0 radical (unpaired) electrons. The van der Waals surface area contributed by atoms with Crippen molar-refractivity contribution >= 4 is 21.4 Å². The van der Waals surface area contributed by atoms with Gasteiger partial charge >= 0.3 is 0 Å². The Hall–Kier alpha value is -1.40. The molecule has 0 aliphatic heterocycles. The number of hydrogen-bond donors (Lipinski definition) is 3. The van der Waals surface area contributed by atoms with E-state index < -0.39 is 10.0 Å². The highest BCUT2D eigenvalue weighted by atomic mass is 32.2. The van der Waals surface area contributed by atoms with Crippen LogP contribution in [0.4, 0.5) is 5.69 Å². The molecule has 0 atom stereocenters. The van der Waals surface area contributed by atoms with Crippen LogP contribution in [-0.4, -0.2) is 14.1 Å². The number of aryl methyl sites for hydroxylation is 1. The first-order valence-electron chi connectivity index (χ1n) is 6.22. The topological polar surface area (TPSA) is 110 Å². The minimum atomic E-state index is -3.76. The molecule has 0 spiro atoms. The Morgan fingerprint density at radius 1 is 1.16 bits per heavy atom. The number of rotatable bonds is 2. The molecule has 5 nitrogen and oxygen atoms in total. The fourth-order valence-electron chi connectivity index (χ4n) is 1.34. The second-order valence-electron chi connectivity index (χ2n) is 3.37. The minimum absolute atomic E-state index is 0.0123. The van der Waals surface area contributed by atoms with Crippen LogP contribution >= 0.6 is 0 Å². The number of benzene rings is 1. The van der Waals surface area contributed by atoms with Crippen LogP contribution in [0.5, 0.6) is 0 Å². The smallest absolute Gasteiger partial charge is 0.238 e. The average Bonchev–Trinajstić information content (AvgIpc) is 2.32. The fourth-order valence-corrected chi connectivity index (χ4v) is 2.13. The lowest BCUT2D eigenvalue weighted by Gasteiger charge is -2.09. The van der Waals surface area contributed by atoms with Crippen molar-refractivity contribution in [2.45, 2.75) is 46.4 Å². The highest BCUT2D eigenvalue weighted by Crippen LogP contribution is 2.21. The molecule has 1 aromatic rings. The Morgan fingerprint density at radius 3 is 1.89 bits per heavy atom. The van der Waals surface area contributed by atoms with Gasteiger partial charge in [-0.05, 0) is 31.5 Å². The van der Waals surface area contributed by atoms with Gasteiger partial charge < -0.3 is 11.1 Å². The molecule has 0 aliphatic rings. The number of primary sulfonamides is 1. The van der Waals surface area contributed by atoms with Crippen LogP contribution in [0.25, 0.3) is 0 Å². The number of nitrogens with one attached hydrogen (secondary N) is 1. The number of anilines is 1. The molecule has 1 rings (SSSR count). The quantitative estimate of drug-likeness (QED) is 0.574. The van der Waals surface area contributed by atoms with Crippen molar-refractivity contribution in [2.24, 2.45) is 5.14 Å². The van der Waals surface area contributed by atoms with Crippen LogP contribution in [-0.2, 0) is 10.0 Å². The molecule has 1 aromatic carbocycles. The molecule has 6 heteroatoms. The van der Waals surface area contributed by atoms with Gasteiger partial charge in [0.15, 0.2) is 0 Å².